The quantitative estimate of drug-likeness (QED) is 0.328. The molecule has 0 aliphatic carbocycles. The van der Waals surface area contributed by atoms with Crippen LogP contribution in [0.3, 0.4) is 0 Å². The van der Waals surface area contributed by atoms with Crippen LogP contribution in [0.2, 0.25) is 0 Å². The molecule has 5 rings (SSSR count). The highest BCUT2D eigenvalue weighted by molar-refractivity contribution is 6.15. The highest BCUT2D eigenvalue weighted by Gasteiger charge is 2.39. The summed E-state index contributed by atoms with van der Waals surface area (Å²) in [5, 5.41) is 10.1. The number of carbonyl (C=O) groups excluding carboxylic acids is 2. The molecule has 2 heterocycles. The molecule has 0 aromatic heterocycles. The first-order valence-electron chi connectivity index (χ1n) is 10.8. The summed E-state index contributed by atoms with van der Waals surface area (Å²) in [6.45, 7) is 0. The van der Waals surface area contributed by atoms with Crippen LogP contribution in [0.4, 0.5) is 0 Å². The van der Waals surface area contributed by atoms with Crippen molar-refractivity contribution in [2.24, 2.45) is 0 Å². The van der Waals surface area contributed by atoms with Crippen molar-refractivity contribution in [3.8, 4) is 34.5 Å². The fourth-order valence-electron chi connectivity index (χ4n) is 4.43. The predicted octanol–water partition coefficient (Wildman–Crippen LogP) is 4.48. The Hall–Kier alpha value is -4.46. The van der Waals surface area contributed by atoms with Gasteiger partial charge in [0.25, 0.3) is 0 Å². The van der Waals surface area contributed by atoms with E-state index in [-0.39, 0.29) is 23.7 Å². The standard InChI is InChI=1S/C27H22O8/c1-31-15-5-6-16(22(12-15)33-3)18-13-24(29)34-21-9-7-17-26(30)23(35-27(17)25(18)21)11-14-4-8-20(32-2)19(28)10-14/h4-12,18,28H,13H2,1-3H3/b23-11-/t18-/m1/s1. The van der Waals surface area contributed by atoms with Gasteiger partial charge in [0.15, 0.2) is 17.3 Å². The van der Waals surface area contributed by atoms with Gasteiger partial charge in [-0.2, -0.15) is 0 Å². The normalized spacial score (nSPS) is 17.3. The Labute approximate surface area is 201 Å². The van der Waals surface area contributed by atoms with Crippen LogP contribution in [0.5, 0.6) is 34.5 Å². The highest BCUT2D eigenvalue weighted by atomic mass is 16.5. The van der Waals surface area contributed by atoms with Crippen LogP contribution in [0, 0.1) is 0 Å². The monoisotopic (exact) mass is 474 g/mol. The van der Waals surface area contributed by atoms with Gasteiger partial charge in [0.1, 0.15) is 23.0 Å². The minimum Gasteiger partial charge on any atom is -0.504 e. The lowest BCUT2D eigenvalue weighted by Gasteiger charge is -2.27. The molecule has 0 spiro atoms. The van der Waals surface area contributed by atoms with E-state index in [1.165, 1.54) is 13.2 Å². The van der Waals surface area contributed by atoms with Crippen molar-refractivity contribution in [2.45, 2.75) is 12.3 Å². The van der Waals surface area contributed by atoms with Crippen molar-refractivity contribution in [1.82, 2.24) is 0 Å². The second-order valence-corrected chi connectivity index (χ2v) is 8.06. The number of hydrogen-bond acceptors (Lipinski definition) is 8. The van der Waals surface area contributed by atoms with E-state index in [9.17, 15) is 14.7 Å². The number of Topliss-reactive ketones (excluding diaryl/α,β-unsaturated/α-hetero) is 1. The molecule has 178 valence electrons. The van der Waals surface area contributed by atoms with Crippen LogP contribution in [0.25, 0.3) is 6.08 Å². The van der Waals surface area contributed by atoms with Crippen molar-refractivity contribution in [3.05, 3.63) is 76.5 Å². The number of methoxy groups -OCH3 is 3. The molecule has 0 fully saturated rings. The lowest BCUT2D eigenvalue weighted by atomic mass is 9.84. The maximum atomic E-state index is 13.2. The van der Waals surface area contributed by atoms with Gasteiger partial charge in [0.2, 0.25) is 5.78 Å². The van der Waals surface area contributed by atoms with E-state index in [2.05, 4.69) is 0 Å². The molecule has 8 heteroatoms. The number of phenolic OH excluding ortho intramolecular Hbond substituents is 1. The molecule has 0 saturated heterocycles. The van der Waals surface area contributed by atoms with Gasteiger partial charge in [0, 0.05) is 23.1 Å². The molecule has 2 aliphatic rings. The largest absolute Gasteiger partial charge is 0.504 e. The molecule has 0 radical (unpaired) electrons. The Bertz CT molecular complexity index is 1390. The maximum Gasteiger partial charge on any atom is 0.312 e. The van der Waals surface area contributed by atoms with Crippen LogP contribution >= 0.6 is 0 Å². The number of benzene rings is 3. The second kappa shape index (κ2) is 8.72. The van der Waals surface area contributed by atoms with Crippen LogP contribution < -0.4 is 23.7 Å². The van der Waals surface area contributed by atoms with Crippen molar-refractivity contribution < 1.29 is 38.4 Å². The molecule has 3 aromatic carbocycles. The molecular formula is C27H22O8. The van der Waals surface area contributed by atoms with E-state index >= 15 is 0 Å². The van der Waals surface area contributed by atoms with E-state index in [0.29, 0.717) is 45.4 Å². The molecule has 0 unspecified atom stereocenters. The summed E-state index contributed by atoms with van der Waals surface area (Å²) in [6.07, 6.45) is 1.60. The van der Waals surface area contributed by atoms with E-state index in [4.69, 9.17) is 23.7 Å². The average molecular weight is 474 g/mol. The Balaban J connectivity index is 1.60. The number of ketones is 1. The Morgan fingerprint density at radius 2 is 1.71 bits per heavy atom. The topological polar surface area (TPSA) is 101 Å². The summed E-state index contributed by atoms with van der Waals surface area (Å²) in [5.41, 5.74) is 2.27. The molecule has 2 aliphatic heterocycles. The summed E-state index contributed by atoms with van der Waals surface area (Å²) in [7, 11) is 4.56. The van der Waals surface area contributed by atoms with Gasteiger partial charge in [-0.3, -0.25) is 9.59 Å². The van der Waals surface area contributed by atoms with Gasteiger partial charge >= 0.3 is 5.97 Å². The van der Waals surface area contributed by atoms with Crippen molar-refractivity contribution in [2.75, 3.05) is 21.3 Å². The number of rotatable bonds is 5. The van der Waals surface area contributed by atoms with Gasteiger partial charge in [-0.25, -0.2) is 0 Å². The summed E-state index contributed by atoms with van der Waals surface area (Å²) < 4.78 is 27.5. The van der Waals surface area contributed by atoms with Crippen LogP contribution in [-0.4, -0.2) is 38.2 Å². The molecule has 0 saturated carbocycles. The van der Waals surface area contributed by atoms with Crippen LogP contribution in [-0.2, 0) is 4.79 Å². The lowest BCUT2D eigenvalue weighted by molar-refractivity contribution is -0.135. The summed E-state index contributed by atoms with van der Waals surface area (Å²) in [4.78, 5) is 25.6. The van der Waals surface area contributed by atoms with Gasteiger partial charge in [-0.15, -0.1) is 0 Å². The first-order valence-corrected chi connectivity index (χ1v) is 10.8. The molecule has 0 bridgehead atoms. The number of carbonyl (C=O) groups is 2. The van der Waals surface area contributed by atoms with E-state index in [1.807, 2.05) is 6.07 Å². The molecule has 0 amide bonds. The van der Waals surface area contributed by atoms with Gasteiger partial charge in [0.05, 0.1) is 33.3 Å². The zero-order valence-corrected chi connectivity index (χ0v) is 19.3. The smallest absolute Gasteiger partial charge is 0.312 e. The third-order valence-electron chi connectivity index (χ3n) is 6.10. The minimum atomic E-state index is -0.459. The van der Waals surface area contributed by atoms with Crippen molar-refractivity contribution in [3.63, 3.8) is 0 Å². The number of allylic oxidation sites excluding steroid dienone is 1. The summed E-state index contributed by atoms with van der Waals surface area (Å²) in [6, 6.07) is 13.3. The molecule has 1 atom stereocenters. The fraction of sp³-hybridized carbons (Fsp3) is 0.185. The molecular weight excluding hydrogens is 452 g/mol. The van der Waals surface area contributed by atoms with Crippen molar-refractivity contribution in [1.29, 1.82) is 0 Å². The number of phenols is 1. The first-order chi connectivity index (χ1) is 16.9. The van der Waals surface area contributed by atoms with Crippen molar-refractivity contribution >= 4 is 17.8 Å². The minimum absolute atomic E-state index is 0.0507. The highest BCUT2D eigenvalue weighted by Crippen LogP contribution is 2.50. The fourth-order valence-corrected chi connectivity index (χ4v) is 4.43. The zero-order valence-electron chi connectivity index (χ0n) is 19.3. The zero-order chi connectivity index (χ0) is 24.7. The van der Waals surface area contributed by atoms with Gasteiger partial charge < -0.3 is 28.8 Å². The predicted molar refractivity (Wildman–Crippen MR) is 126 cm³/mol. The third-order valence-corrected chi connectivity index (χ3v) is 6.10. The Morgan fingerprint density at radius 3 is 2.43 bits per heavy atom. The number of esters is 1. The average Bonchev–Trinajstić information content (AvgIpc) is 3.18. The number of aromatic hydroxyl groups is 1. The molecule has 3 aromatic rings. The molecule has 1 N–H and O–H groups in total. The lowest BCUT2D eigenvalue weighted by Crippen LogP contribution is -2.22. The summed E-state index contributed by atoms with van der Waals surface area (Å²) >= 11 is 0. The number of hydrogen-bond donors (Lipinski definition) is 1. The molecule has 35 heavy (non-hydrogen) atoms. The van der Waals surface area contributed by atoms with E-state index in [0.717, 1.165) is 5.56 Å². The first kappa shape index (κ1) is 22.3. The number of ether oxygens (including phenoxy) is 5. The third kappa shape index (κ3) is 3.82. The summed E-state index contributed by atoms with van der Waals surface area (Å²) in [5.74, 6) is 1.02. The van der Waals surface area contributed by atoms with E-state index in [1.54, 1.807) is 56.7 Å². The van der Waals surface area contributed by atoms with Crippen LogP contribution in [0.15, 0.2) is 54.3 Å². The van der Waals surface area contributed by atoms with Crippen LogP contribution in [0.1, 0.15) is 39.4 Å². The number of fused-ring (bicyclic) bond motifs is 3. The maximum absolute atomic E-state index is 13.2. The Morgan fingerprint density at radius 1 is 0.914 bits per heavy atom. The Kier molecular flexibility index (Phi) is 5.56. The molecule has 8 nitrogen and oxygen atoms in total. The second-order valence-electron chi connectivity index (χ2n) is 8.06. The van der Waals surface area contributed by atoms with Gasteiger partial charge in [-0.1, -0.05) is 12.1 Å². The van der Waals surface area contributed by atoms with E-state index < -0.39 is 11.9 Å². The SMILES string of the molecule is COc1ccc([C@H]2CC(=O)Oc3ccc4c(c32)O/C(=C\c2ccc(OC)c(O)c2)C4=O)c(OC)c1. The van der Waals surface area contributed by atoms with Gasteiger partial charge in [-0.05, 0) is 42.0 Å².